The van der Waals surface area contributed by atoms with Crippen LogP contribution in [0, 0.1) is 13.8 Å². The molecule has 0 saturated heterocycles. The van der Waals surface area contributed by atoms with Crippen molar-refractivity contribution in [2.45, 2.75) is 58.2 Å². The monoisotopic (exact) mass is 405 g/mol. The number of ether oxygens (including phenoxy) is 1. The second kappa shape index (κ2) is 9.07. The minimum atomic E-state index is -0.0220. The van der Waals surface area contributed by atoms with Gasteiger partial charge in [-0.1, -0.05) is 12.1 Å². The Kier molecular flexibility index (Phi) is 6.07. The van der Waals surface area contributed by atoms with Crippen LogP contribution in [-0.2, 0) is 6.54 Å². The van der Waals surface area contributed by atoms with E-state index < -0.39 is 0 Å². The summed E-state index contributed by atoms with van der Waals surface area (Å²) in [5.41, 5.74) is 3.64. The summed E-state index contributed by atoms with van der Waals surface area (Å²) >= 11 is 0. The number of carbonyl (C=O) groups excluding carboxylic acids is 1. The van der Waals surface area contributed by atoms with Gasteiger partial charge in [-0.15, -0.1) is 0 Å². The van der Waals surface area contributed by atoms with Crippen LogP contribution in [0.1, 0.15) is 53.0 Å². The molecule has 1 N–H and O–H groups in total. The molecule has 30 heavy (non-hydrogen) atoms. The predicted molar refractivity (Wildman–Crippen MR) is 113 cm³/mol. The highest BCUT2D eigenvalue weighted by Crippen LogP contribution is 2.23. The van der Waals surface area contributed by atoms with Gasteiger partial charge >= 0.3 is 6.01 Å². The maximum atomic E-state index is 12.6. The minimum absolute atomic E-state index is 0.0220. The molecule has 4 rings (SSSR count). The van der Waals surface area contributed by atoms with Gasteiger partial charge in [-0.2, -0.15) is 0 Å². The van der Waals surface area contributed by atoms with Crippen molar-refractivity contribution in [2.24, 2.45) is 0 Å². The number of aromatic nitrogens is 4. The SMILES string of the molecule is Cc1cc(C)nc(OC2CCC(NC(=O)c3ccc(Cn4ccnc4)cc3)CC2)n1. The molecule has 1 saturated carbocycles. The van der Waals surface area contributed by atoms with E-state index in [-0.39, 0.29) is 18.1 Å². The number of hydrogen-bond acceptors (Lipinski definition) is 5. The van der Waals surface area contributed by atoms with E-state index in [9.17, 15) is 4.79 Å². The fourth-order valence-electron chi connectivity index (χ4n) is 3.84. The van der Waals surface area contributed by atoms with Crippen molar-refractivity contribution in [1.29, 1.82) is 0 Å². The highest BCUT2D eigenvalue weighted by atomic mass is 16.5. The third-order valence-corrected chi connectivity index (χ3v) is 5.38. The number of imidazole rings is 1. The summed E-state index contributed by atoms with van der Waals surface area (Å²) in [4.78, 5) is 25.4. The van der Waals surface area contributed by atoms with E-state index in [2.05, 4.69) is 20.3 Å². The molecule has 7 nitrogen and oxygen atoms in total. The zero-order valence-corrected chi connectivity index (χ0v) is 17.4. The van der Waals surface area contributed by atoms with Crippen LogP contribution in [0.25, 0.3) is 0 Å². The van der Waals surface area contributed by atoms with Crippen LogP contribution in [-0.4, -0.2) is 37.6 Å². The molecule has 2 heterocycles. The van der Waals surface area contributed by atoms with Crippen LogP contribution >= 0.6 is 0 Å². The largest absolute Gasteiger partial charge is 0.460 e. The Labute approximate surface area is 176 Å². The van der Waals surface area contributed by atoms with Gasteiger partial charge in [0.2, 0.25) is 0 Å². The van der Waals surface area contributed by atoms with Gasteiger partial charge in [0.15, 0.2) is 0 Å². The number of amides is 1. The average molecular weight is 406 g/mol. The lowest BCUT2D eigenvalue weighted by atomic mass is 9.92. The number of hydrogen-bond donors (Lipinski definition) is 1. The molecule has 0 aliphatic heterocycles. The Morgan fingerprint density at radius 1 is 1.10 bits per heavy atom. The molecular formula is C23H27N5O2. The third-order valence-electron chi connectivity index (χ3n) is 5.38. The van der Waals surface area contributed by atoms with Gasteiger partial charge in [0.05, 0.1) is 6.33 Å². The first-order chi connectivity index (χ1) is 14.5. The standard InChI is InChI=1S/C23H27N5O2/c1-16-13-17(2)26-23(25-16)30-21-9-7-20(8-10-21)27-22(29)19-5-3-18(4-6-19)14-28-12-11-24-15-28/h3-6,11-13,15,20-21H,7-10,14H2,1-2H3,(H,27,29). The Morgan fingerprint density at radius 2 is 1.80 bits per heavy atom. The van der Waals surface area contributed by atoms with Crippen molar-refractivity contribution in [3.63, 3.8) is 0 Å². The fraction of sp³-hybridized carbons (Fsp3) is 0.391. The molecule has 0 spiro atoms. The van der Waals surface area contributed by atoms with Crippen LogP contribution in [0.2, 0.25) is 0 Å². The van der Waals surface area contributed by atoms with Crippen molar-refractivity contribution < 1.29 is 9.53 Å². The van der Waals surface area contributed by atoms with Gasteiger partial charge in [0, 0.05) is 41.9 Å². The lowest BCUT2D eigenvalue weighted by Gasteiger charge is -2.29. The molecule has 1 amide bonds. The molecule has 1 aliphatic rings. The number of nitrogens with one attached hydrogen (secondary N) is 1. The molecule has 7 heteroatoms. The summed E-state index contributed by atoms with van der Waals surface area (Å²) in [5.74, 6) is -0.0220. The van der Waals surface area contributed by atoms with Crippen LogP contribution < -0.4 is 10.1 Å². The maximum Gasteiger partial charge on any atom is 0.317 e. The van der Waals surface area contributed by atoms with Crippen LogP contribution in [0.3, 0.4) is 0 Å². The van der Waals surface area contributed by atoms with Crippen LogP contribution in [0.4, 0.5) is 0 Å². The van der Waals surface area contributed by atoms with Gasteiger partial charge in [0.1, 0.15) is 6.10 Å². The summed E-state index contributed by atoms with van der Waals surface area (Å²) in [6, 6.07) is 10.3. The Bertz CT molecular complexity index is 957. The molecule has 3 aromatic rings. The topological polar surface area (TPSA) is 81.9 Å². The molecule has 0 radical (unpaired) electrons. The summed E-state index contributed by atoms with van der Waals surface area (Å²) in [7, 11) is 0. The van der Waals surface area contributed by atoms with Crippen molar-refractivity contribution in [3.8, 4) is 6.01 Å². The Hall–Kier alpha value is -3.22. The predicted octanol–water partition coefficient (Wildman–Crippen LogP) is 3.46. The van der Waals surface area contributed by atoms with Gasteiger partial charge in [-0.25, -0.2) is 15.0 Å². The van der Waals surface area contributed by atoms with Crippen molar-refractivity contribution in [1.82, 2.24) is 24.8 Å². The minimum Gasteiger partial charge on any atom is -0.460 e. The second-order valence-electron chi connectivity index (χ2n) is 7.93. The molecule has 2 aromatic heterocycles. The second-order valence-corrected chi connectivity index (χ2v) is 7.93. The number of aryl methyl sites for hydroxylation is 2. The molecule has 0 bridgehead atoms. The van der Waals surface area contributed by atoms with Gasteiger partial charge < -0.3 is 14.6 Å². The van der Waals surface area contributed by atoms with E-state index in [4.69, 9.17) is 4.74 Å². The van der Waals surface area contributed by atoms with Crippen molar-refractivity contribution in [3.05, 3.63) is 71.6 Å². The van der Waals surface area contributed by atoms with Crippen molar-refractivity contribution in [2.75, 3.05) is 0 Å². The van der Waals surface area contributed by atoms with E-state index in [0.29, 0.717) is 11.6 Å². The molecule has 1 aromatic carbocycles. The first kappa shape index (κ1) is 20.1. The van der Waals surface area contributed by atoms with E-state index in [0.717, 1.165) is 49.2 Å². The maximum absolute atomic E-state index is 12.6. The van der Waals surface area contributed by atoms with Crippen LogP contribution in [0.5, 0.6) is 6.01 Å². The highest BCUT2D eigenvalue weighted by molar-refractivity contribution is 5.94. The summed E-state index contributed by atoms with van der Waals surface area (Å²) in [6.45, 7) is 4.63. The number of benzene rings is 1. The lowest BCUT2D eigenvalue weighted by molar-refractivity contribution is 0.0884. The highest BCUT2D eigenvalue weighted by Gasteiger charge is 2.24. The van der Waals surface area contributed by atoms with Gasteiger partial charge in [-0.3, -0.25) is 4.79 Å². The number of carbonyl (C=O) groups is 1. The smallest absolute Gasteiger partial charge is 0.317 e. The van der Waals surface area contributed by atoms with E-state index in [1.807, 2.05) is 54.9 Å². The fourth-order valence-corrected chi connectivity index (χ4v) is 3.84. The molecule has 1 aliphatic carbocycles. The third kappa shape index (κ3) is 5.23. The zero-order chi connectivity index (χ0) is 20.9. The molecule has 1 fully saturated rings. The van der Waals surface area contributed by atoms with E-state index in [1.54, 1.807) is 12.5 Å². The summed E-state index contributed by atoms with van der Waals surface area (Å²) in [6.07, 6.45) is 9.11. The van der Waals surface area contributed by atoms with E-state index in [1.165, 1.54) is 0 Å². The van der Waals surface area contributed by atoms with Crippen molar-refractivity contribution >= 4 is 5.91 Å². The molecular weight excluding hydrogens is 378 g/mol. The molecule has 156 valence electrons. The first-order valence-corrected chi connectivity index (χ1v) is 10.4. The quantitative estimate of drug-likeness (QED) is 0.679. The molecule has 0 atom stereocenters. The summed E-state index contributed by atoms with van der Waals surface area (Å²) < 4.78 is 7.97. The van der Waals surface area contributed by atoms with Gasteiger partial charge in [-0.05, 0) is 63.3 Å². The Morgan fingerprint density at radius 3 is 2.43 bits per heavy atom. The number of rotatable bonds is 6. The molecule has 0 unspecified atom stereocenters. The van der Waals surface area contributed by atoms with Crippen LogP contribution in [0.15, 0.2) is 49.1 Å². The normalized spacial score (nSPS) is 18.7. The lowest BCUT2D eigenvalue weighted by Crippen LogP contribution is -2.39. The average Bonchev–Trinajstić information content (AvgIpc) is 3.22. The van der Waals surface area contributed by atoms with E-state index >= 15 is 0 Å². The summed E-state index contributed by atoms with van der Waals surface area (Å²) in [5, 5.41) is 3.16. The first-order valence-electron chi connectivity index (χ1n) is 10.4. The van der Waals surface area contributed by atoms with Gasteiger partial charge in [0.25, 0.3) is 5.91 Å². The zero-order valence-electron chi connectivity index (χ0n) is 17.4. The number of nitrogens with zero attached hydrogens (tertiary/aromatic N) is 4. The Balaban J connectivity index is 1.25.